The first-order valence-corrected chi connectivity index (χ1v) is 4.73. The van der Waals surface area contributed by atoms with E-state index < -0.39 is 0 Å². The molecule has 0 spiro atoms. The Morgan fingerprint density at radius 2 is 2.21 bits per heavy atom. The Morgan fingerprint density at radius 1 is 1.43 bits per heavy atom. The predicted octanol–water partition coefficient (Wildman–Crippen LogP) is 1.24. The second-order valence-corrected chi connectivity index (χ2v) is 3.42. The lowest BCUT2D eigenvalue weighted by Crippen LogP contribution is -2.32. The molecule has 0 aliphatic carbocycles. The van der Waals surface area contributed by atoms with Gasteiger partial charge in [-0.3, -0.25) is 4.79 Å². The lowest BCUT2D eigenvalue weighted by Gasteiger charge is -2.11. The van der Waals surface area contributed by atoms with Gasteiger partial charge in [0, 0.05) is 12.5 Å². The highest BCUT2D eigenvalue weighted by atomic mass is 16.5. The third-order valence-corrected chi connectivity index (χ3v) is 2.47. The molecule has 0 bridgehead atoms. The molecule has 0 saturated carbocycles. The number of ether oxygens (including phenoxy) is 1. The summed E-state index contributed by atoms with van der Waals surface area (Å²) in [5.41, 5.74) is 0.699. The minimum atomic E-state index is 0.120. The van der Waals surface area contributed by atoms with Gasteiger partial charge < -0.3 is 10.1 Å². The fourth-order valence-corrected chi connectivity index (χ4v) is 1.59. The second-order valence-electron chi connectivity index (χ2n) is 3.42. The zero-order valence-electron chi connectivity index (χ0n) is 8.12. The van der Waals surface area contributed by atoms with E-state index in [9.17, 15) is 4.79 Å². The monoisotopic (exact) mass is 191 g/mol. The van der Waals surface area contributed by atoms with E-state index in [2.05, 4.69) is 5.32 Å². The maximum atomic E-state index is 11.8. The number of fused-ring (bicyclic) bond motifs is 1. The van der Waals surface area contributed by atoms with Gasteiger partial charge in [-0.2, -0.15) is 0 Å². The number of carbonyl (C=O) groups excluding carboxylic acids is 1. The number of para-hydroxylation sites is 1. The first-order chi connectivity index (χ1) is 6.81. The van der Waals surface area contributed by atoms with Crippen LogP contribution in [0.15, 0.2) is 24.3 Å². The maximum absolute atomic E-state index is 11.8. The summed E-state index contributed by atoms with van der Waals surface area (Å²) in [4.78, 5) is 11.8. The van der Waals surface area contributed by atoms with Gasteiger partial charge in [-0.25, -0.2) is 0 Å². The molecule has 3 nitrogen and oxygen atoms in total. The van der Waals surface area contributed by atoms with Crippen molar-refractivity contribution in [3.8, 4) is 5.75 Å². The van der Waals surface area contributed by atoms with Gasteiger partial charge in [-0.05, 0) is 19.2 Å². The molecule has 0 radical (unpaired) electrons. The Kier molecular flexibility index (Phi) is 2.50. The zero-order chi connectivity index (χ0) is 9.97. The van der Waals surface area contributed by atoms with Crippen molar-refractivity contribution < 1.29 is 9.53 Å². The Morgan fingerprint density at radius 3 is 3.00 bits per heavy atom. The lowest BCUT2D eigenvalue weighted by molar-refractivity contribution is 0.0972. The van der Waals surface area contributed by atoms with Gasteiger partial charge in [-0.15, -0.1) is 0 Å². The van der Waals surface area contributed by atoms with Crippen LogP contribution in [0, 0.1) is 0 Å². The van der Waals surface area contributed by atoms with Crippen LogP contribution in [0.25, 0.3) is 0 Å². The van der Waals surface area contributed by atoms with Gasteiger partial charge in [0.2, 0.25) is 0 Å². The van der Waals surface area contributed by atoms with Crippen molar-refractivity contribution in [1.29, 1.82) is 0 Å². The fraction of sp³-hybridized carbons (Fsp3) is 0.364. The molecule has 1 N–H and O–H groups in total. The highest BCUT2D eigenvalue weighted by molar-refractivity contribution is 5.99. The molecule has 1 atom stereocenters. The van der Waals surface area contributed by atoms with Gasteiger partial charge in [0.25, 0.3) is 0 Å². The summed E-state index contributed by atoms with van der Waals surface area (Å²) in [6.07, 6.45) is 0.507. The minimum absolute atomic E-state index is 0.120. The summed E-state index contributed by atoms with van der Waals surface area (Å²) in [6, 6.07) is 7.52. The molecule has 0 amide bonds. The predicted molar refractivity (Wildman–Crippen MR) is 53.7 cm³/mol. The van der Waals surface area contributed by atoms with Crippen molar-refractivity contribution in [2.45, 2.75) is 12.5 Å². The van der Waals surface area contributed by atoms with Crippen molar-refractivity contribution in [1.82, 2.24) is 5.32 Å². The van der Waals surface area contributed by atoms with Crippen LogP contribution in [0.5, 0.6) is 5.75 Å². The molecule has 0 aromatic heterocycles. The minimum Gasteiger partial charge on any atom is -0.491 e. The molecule has 1 aliphatic heterocycles. The first kappa shape index (κ1) is 9.21. The third-order valence-electron chi connectivity index (χ3n) is 2.47. The Bertz CT molecular complexity index is 349. The van der Waals surface area contributed by atoms with E-state index in [0.717, 1.165) is 0 Å². The molecule has 3 heteroatoms. The van der Waals surface area contributed by atoms with Crippen LogP contribution in [-0.2, 0) is 0 Å². The summed E-state index contributed by atoms with van der Waals surface area (Å²) in [5.74, 6) is 0.854. The molecule has 74 valence electrons. The number of rotatable bonds is 1. The average molecular weight is 191 g/mol. The van der Waals surface area contributed by atoms with Gasteiger partial charge in [0.05, 0.1) is 5.56 Å². The van der Waals surface area contributed by atoms with Crippen LogP contribution in [-0.4, -0.2) is 25.5 Å². The van der Waals surface area contributed by atoms with Gasteiger partial charge in [0.15, 0.2) is 5.78 Å². The van der Waals surface area contributed by atoms with Crippen LogP contribution in [0.3, 0.4) is 0 Å². The molecule has 1 aromatic rings. The summed E-state index contributed by atoms with van der Waals surface area (Å²) < 4.78 is 5.54. The molecule has 0 saturated heterocycles. The number of nitrogens with one attached hydrogen (secondary N) is 1. The van der Waals surface area contributed by atoms with Gasteiger partial charge in [-0.1, -0.05) is 12.1 Å². The molecular formula is C11H13NO2. The molecule has 1 heterocycles. The highest BCUT2D eigenvalue weighted by Crippen LogP contribution is 2.23. The summed E-state index contributed by atoms with van der Waals surface area (Å²) in [6.45, 7) is 0.555. The number of Topliss-reactive ketones (excluding diaryl/α,β-unsaturated/α-hetero) is 1. The van der Waals surface area contributed by atoms with Crippen molar-refractivity contribution >= 4 is 5.78 Å². The number of likely N-dealkylation sites (N-methyl/N-ethyl adjacent to an activating group) is 1. The zero-order valence-corrected chi connectivity index (χ0v) is 8.12. The number of benzene rings is 1. The van der Waals surface area contributed by atoms with Gasteiger partial charge >= 0.3 is 0 Å². The van der Waals surface area contributed by atoms with E-state index in [-0.39, 0.29) is 11.8 Å². The van der Waals surface area contributed by atoms with Crippen LogP contribution < -0.4 is 10.1 Å². The second kappa shape index (κ2) is 3.80. The van der Waals surface area contributed by atoms with E-state index in [1.807, 2.05) is 31.3 Å². The van der Waals surface area contributed by atoms with E-state index in [0.29, 0.717) is 24.3 Å². The molecular weight excluding hydrogens is 178 g/mol. The smallest absolute Gasteiger partial charge is 0.168 e. The van der Waals surface area contributed by atoms with E-state index in [1.54, 1.807) is 0 Å². The van der Waals surface area contributed by atoms with Gasteiger partial charge in [0.1, 0.15) is 12.4 Å². The molecule has 0 fully saturated rings. The number of hydrogen-bond acceptors (Lipinski definition) is 3. The topological polar surface area (TPSA) is 38.3 Å². The molecule has 1 aliphatic rings. The molecule has 1 aromatic carbocycles. The van der Waals surface area contributed by atoms with Crippen LogP contribution >= 0.6 is 0 Å². The third kappa shape index (κ3) is 1.63. The average Bonchev–Trinajstić information content (AvgIpc) is 2.39. The normalized spacial score (nSPS) is 20.9. The summed E-state index contributed by atoms with van der Waals surface area (Å²) in [5, 5.41) is 3.06. The van der Waals surface area contributed by atoms with Crippen LogP contribution in [0.4, 0.5) is 0 Å². The molecule has 2 rings (SSSR count). The first-order valence-electron chi connectivity index (χ1n) is 4.73. The lowest BCUT2D eigenvalue weighted by atomic mass is 10.1. The SMILES string of the molecule is CNC1COc2ccccc2C(=O)C1. The Labute approximate surface area is 83.1 Å². The van der Waals surface area contributed by atoms with Crippen molar-refractivity contribution in [2.75, 3.05) is 13.7 Å². The fourth-order valence-electron chi connectivity index (χ4n) is 1.59. The Balaban J connectivity index is 2.31. The number of hydrogen-bond donors (Lipinski definition) is 1. The number of carbonyl (C=O) groups is 1. The quantitative estimate of drug-likeness (QED) is 0.725. The van der Waals surface area contributed by atoms with Crippen LogP contribution in [0.2, 0.25) is 0 Å². The van der Waals surface area contributed by atoms with Crippen molar-refractivity contribution in [3.63, 3.8) is 0 Å². The van der Waals surface area contributed by atoms with E-state index in [1.165, 1.54) is 0 Å². The Hall–Kier alpha value is -1.35. The van der Waals surface area contributed by atoms with E-state index in [4.69, 9.17) is 4.74 Å². The van der Waals surface area contributed by atoms with Crippen LogP contribution in [0.1, 0.15) is 16.8 Å². The van der Waals surface area contributed by atoms with Crippen molar-refractivity contribution in [3.05, 3.63) is 29.8 Å². The van der Waals surface area contributed by atoms with E-state index >= 15 is 0 Å². The molecule has 1 unspecified atom stereocenters. The highest BCUT2D eigenvalue weighted by Gasteiger charge is 2.21. The number of ketones is 1. The summed E-state index contributed by atoms with van der Waals surface area (Å²) in [7, 11) is 1.84. The standard InChI is InChI=1S/C11H13NO2/c1-12-8-6-10(13)9-4-2-3-5-11(9)14-7-8/h2-5,8,12H,6-7H2,1H3. The van der Waals surface area contributed by atoms with Crippen molar-refractivity contribution in [2.24, 2.45) is 0 Å². The largest absolute Gasteiger partial charge is 0.491 e. The maximum Gasteiger partial charge on any atom is 0.168 e. The summed E-state index contributed by atoms with van der Waals surface area (Å²) >= 11 is 0. The molecule has 14 heavy (non-hydrogen) atoms.